The summed E-state index contributed by atoms with van der Waals surface area (Å²) in [5, 5.41) is 13.1. The maximum Gasteiger partial charge on any atom is 0.261 e. The summed E-state index contributed by atoms with van der Waals surface area (Å²) in [5.41, 5.74) is -0.947. The van der Waals surface area contributed by atoms with Crippen molar-refractivity contribution in [3.05, 3.63) is 60.7 Å². The molecule has 0 aromatic heterocycles. The van der Waals surface area contributed by atoms with E-state index in [1.54, 1.807) is 0 Å². The van der Waals surface area contributed by atoms with Crippen molar-refractivity contribution in [1.29, 1.82) is 0 Å². The lowest BCUT2D eigenvalue weighted by atomic mass is 9.91. The van der Waals surface area contributed by atoms with Gasteiger partial charge in [-0.2, -0.15) is 0 Å². The van der Waals surface area contributed by atoms with Crippen LogP contribution in [0.2, 0.25) is 5.04 Å². The monoisotopic (exact) mass is 408 g/mol. The zero-order valence-electron chi connectivity index (χ0n) is 17.5. The fourth-order valence-electron chi connectivity index (χ4n) is 4.91. The van der Waals surface area contributed by atoms with Crippen molar-refractivity contribution < 1.29 is 19.0 Å². The van der Waals surface area contributed by atoms with Gasteiger partial charge in [-0.05, 0) is 22.3 Å². The van der Waals surface area contributed by atoms with E-state index in [4.69, 9.17) is 21.7 Å². The maximum atomic E-state index is 10.9. The van der Waals surface area contributed by atoms with Crippen LogP contribution in [0.25, 0.3) is 0 Å². The van der Waals surface area contributed by atoms with Crippen LogP contribution in [0, 0.1) is 0 Å². The zero-order valence-corrected chi connectivity index (χ0v) is 18.5. The Bertz CT molecular complexity index is 801. The summed E-state index contributed by atoms with van der Waals surface area (Å²) in [7, 11) is 3.32. The van der Waals surface area contributed by atoms with E-state index in [1.807, 2.05) is 19.1 Å². The van der Waals surface area contributed by atoms with Crippen molar-refractivity contribution in [3.8, 4) is 0 Å². The van der Waals surface area contributed by atoms with Crippen LogP contribution < -0.4 is 10.4 Å². The van der Waals surface area contributed by atoms with Crippen LogP contribution in [0.1, 0.15) is 27.7 Å². The highest BCUT2D eigenvalue weighted by Gasteiger charge is 2.64. The number of aliphatic hydroxyl groups is 1. The van der Waals surface area contributed by atoms with E-state index in [1.165, 1.54) is 10.4 Å². The molecule has 5 atom stereocenters. The second kappa shape index (κ2) is 7.36. The average molecular weight is 408 g/mol. The summed E-state index contributed by atoms with van der Waals surface area (Å²) in [6.07, 6.45) is -1.60. The largest absolute Gasteiger partial charge is 0.404 e. The maximum absolute atomic E-state index is 10.9. The third-order valence-corrected chi connectivity index (χ3v) is 11.5. The first-order valence-electron chi connectivity index (χ1n) is 10.2. The van der Waals surface area contributed by atoms with Gasteiger partial charge in [0, 0.05) is 6.00 Å². The van der Waals surface area contributed by atoms with Crippen molar-refractivity contribution >= 4 is 26.5 Å². The van der Waals surface area contributed by atoms with Gasteiger partial charge in [-0.15, -0.1) is 0 Å². The molecular weight excluding hydrogens is 379 g/mol. The van der Waals surface area contributed by atoms with E-state index in [9.17, 15) is 5.11 Å². The van der Waals surface area contributed by atoms with Crippen LogP contribution in [-0.4, -0.2) is 57.8 Å². The van der Waals surface area contributed by atoms with E-state index < -0.39 is 32.1 Å². The molecule has 2 saturated heterocycles. The van der Waals surface area contributed by atoms with E-state index in [-0.39, 0.29) is 17.7 Å². The molecule has 29 heavy (non-hydrogen) atoms. The van der Waals surface area contributed by atoms with Crippen molar-refractivity contribution in [2.75, 3.05) is 6.61 Å². The second-order valence-electron chi connectivity index (χ2n) is 9.18. The standard InChI is InChI=1S/C23H29BO4Si/c1-16-23(20(25)19(27-16)21(24)28-23)15-26-29(22(2,3)4,17-11-7-5-8-12-17)18-13-9-6-10-14-18/h5-14,16,19-21,25H,15H2,1-4H3/t16-,19-,20+,21-,23+/m1/s1. The number of hydrogen-bond acceptors (Lipinski definition) is 4. The summed E-state index contributed by atoms with van der Waals surface area (Å²) < 4.78 is 18.9. The molecule has 2 radical (unpaired) electrons. The van der Waals surface area contributed by atoms with Gasteiger partial charge in [0.05, 0.1) is 12.7 Å². The Kier molecular flexibility index (Phi) is 5.28. The Morgan fingerprint density at radius 3 is 1.97 bits per heavy atom. The van der Waals surface area contributed by atoms with Gasteiger partial charge in [0.2, 0.25) is 0 Å². The molecule has 0 spiro atoms. The Hall–Kier alpha value is -1.44. The van der Waals surface area contributed by atoms with Crippen molar-refractivity contribution in [2.24, 2.45) is 0 Å². The molecule has 0 unspecified atom stereocenters. The molecule has 4 rings (SSSR count). The molecular formula is C23H29BO4Si. The predicted octanol–water partition coefficient (Wildman–Crippen LogP) is 1.97. The highest BCUT2D eigenvalue weighted by atomic mass is 28.4. The van der Waals surface area contributed by atoms with Gasteiger partial charge in [-0.3, -0.25) is 0 Å². The number of rotatable bonds is 5. The minimum absolute atomic E-state index is 0.153. The molecule has 152 valence electrons. The molecule has 0 saturated carbocycles. The van der Waals surface area contributed by atoms with Crippen LogP contribution in [0.4, 0.5) is 0 Å². The molecule has 2 aliphatic rings. The molecule has 2 fully saturated rings. The minimum Gasteiger partial charge on any atom is -0.404 e. The molecule has 0 amide bonds. The lowest BCUT2D eigenvalue weighted by Crippen LogP contribution is -2.68. The van der Waals surface area contributed by atoms with Crippen LogP contribution in [-0.2, 0) is 13.9 Å². The van der Waals surface area contributed by atoms with Crippen LogP contribution in [0.15, 0.2) is 60.7 Å². The highest BCUT2D eigenvalue weighted by Crippen LogP contribution is 2.45. The minimum atomic E-state index is -2.73. The van der Waals surface area contributed by atoms with Gasteiger partial charge in [-0.25, -0.2) is 0 Å². The molecule has 2 bridgehead atoms. The molecule has 2 aliphatic heterocycles. The van der Waals surface area contributed by atoms with Gasteiger partial charge in [0.1, 0.15) is 25.7 Å². The smallest absolute Gasteiger partial charge is 0.261 e. The summed E-state index contributed by atoms with van der Waals surface area (Å²) >= 11 is 0. The van der Waals surface area contributed by atoms with Crippen molar-refractivity contribution in [1.82, 2.24) is 0 Å². The average Bonchev–Trinajstić information content (AvgIpc) is 3.08. The third kappa shape index (κ3) is 3.13. The SMILES string of the molecule is [B][C@@H]1O[C@@]2(CO[Si](c3ccccc3)(c3ccccc3)C(C)(C)C)[C@@H](C)O[C@@H]1[C@@H]2O. The number of fused-ring (bicyclic) bond motifs is 2. The van der Waals surface area contributed by atoms with Crippen molar-refractivity contribution in [3.63, 3.8) is 0 Å². The fraction of sp³-hybridized carbons (Fsp3) is 0.478. The first-order valence-corrected chi connectivity index (χ1v) is 12.2. The number of aliphatic hydroxyl groups excluding tert-OH is 1. The molecule has 2 aromatic rings. The Labute approximate surface area is 175 Å². The Morgan fingerprint density at radius 2 is 1.55 bits per heavy atom. The van der Waals surface area contributed by atoms with E-state index >= 15 is 0 Å². The van der Waals surface area contributed by atoms with Gasteiger partial charge < -0.3 is 19.0 Å². The van der Waals surface area contributed by atoms with Gasteiger partial charge in [0.15, 0.2) is 0 Å². The van der Waals surface area contributed by atoms with Crippen LogP contribution in [0.3, 0.4) is 0 Å². The summed E-state index contributed by atoms with van der Waals surface area (Å²) in [6.45, 7) is 8.83. The normalized spacial score (nSPS) is 31.9. The molecule has 2 aromatic carbocycles. The number of ether oxygens (including phenoxy) is 2. The van der Waals surface area contributed by atoms with Gasteiger partial charge in [0.25, 0.3) is 8.32 Å². The lowest BCUT2D eigenvalue weighted by Gasteiger charge is -2.45. The molecule has 6 heteroatoms. The quantitative estimate of drug-likeness (QED) is 0.769. The Balaban J connectivity index is 1.80. The number of hydrogen-bond donors (Lipinski definition) is 1. The second-order valence-corrected chi connectivity index (χ2v) is 13.5. The summed E-state index contributed by atoms with van der Waals surface area (Å²) in [5.74, 6) is 0. The van der Waals surface area contributed by atoms with E-state index in [0.717, 1.165) is 0 Å². The summed E-state index contributed by atoms with van der Waals surface area (Å²) in [4.78, 5) is 0. The fourth-order valence-corrected chi connectivity index (χ4v) is 9.50. The first-order chi connectivity index (χ1) is 13.7. The van der Waals surface area contributed by atoms with E-state index in [0.29, 0.717) is 0 Å². The molecule has 2 heterocycles. The first kappa shape index (κ1) is 20.8. The Morgan fingerprint density at radius 1 is 1.03 bits per heavy atom. The highest BCUT2D eigenvalue weighted by molar-refractivity contribution is 6.99. The molecule has 4 nitrogen and oxygen atoms in total. The van der Waals surface area contributed by atoms with Crippen LogP contribution in [0.5, 0.6) is 0 Å². The van der Waals surface area contributed by atoms with Gasteiger partial charge >= 0.3 is 0 Å². The zero-order chi connectivity index (χ0) is 20.9. The van der Waals surface area contributed by atoms with Crippen LogP contribution >= 0.6 is 0 Å². The number of benzene rings is 2. The molecule has 0 aliphatic carbocycles. The van der Waals surface area contributed by atoms with E-state index in [2.05, 4.69) is 69.3 Å². The lowest BCUT2D eigenvalue weighted by molar-refractivity contribution is -0.170. The third-order valence-electron chi connectivity index (χ3n) is 6.47. The topological polar surface area (TPSA) is 47.9 Å². The predicted molar refractivity (Wildman–Crippen MR) is 117 cm³/mol. The molecule has 1 N–H and O–H groups in total. The van der Waals surface area contributed by atoms with Crippen molar-refractivity contribution in [2.45, 2.75) is 62.6 Å². The summed E-state index contributed by atoms with van der Waals surface area (Å²) in [6, 6.07) is 20.2. The van der Waals surface area contributed by atoms with Gasteiger partial charge in [-0.1, -0.05) is 81.4 Å².